The summed E-state index contributed by atoms with van der Waals surface area (Å²) in [6.45, 7) is 3.82. The quantitative estimate of drug-likeness (QED) is 0.492. The van der Waals surface area contributed by atoms with Crippen LogP contribution in [0.3, 0.4) is 0 Å². The molecule has 1 rings (SSSR count). The molecule has 1 unspecified atom stereocenters. The molecule has 102 valence electrons. The number of hydrogen-bond acceptors (Lipinski definition) is 4. The van der Waals surface area contributed by atoms with E-state index in [1.54, 1.807) is 6.08 Å². The van der Waals surface area contributed by atoms with Gasteiger partial charge in [-0.1, -0.05) is 18.9 Å². The molecule has 0 radical (unpaired) electrons. The smallest absolute Gasteiger partial charge is 0.305 e. The Morgan fingerprint density at radius 1 is 1.33 bits per heavy atom. The van der Waals surface area contributed by atoms with Gasteiger partial charge in [-0.3, -0.25) is 9.59 Å². The Balaban J connectivity index is 2.23. The molecule has 0 aromatic rings. The first-order valence-electron chi connectivity index (χ1n) is 6.50. The number of rotatable bonds is 8. The molecule has 0 aromatic heterocycles. The SMILES string of the molecule is C=CC(OCC(=O)CCC(=O)OC)C1CCCC1. The number of methoxy groups -OCH3 is 1. The minimum absolute atomic E-state index is 0.0328. The van der Waals surface area contributed by atoms with Crippen molar-refractivity contribution in [3.8, 4) is 0 Å². The standard InChI is InChI=1S/C14H22O4/c1-3-13(11-6-4-5-7-11)18-10-12(15)8-9-14(16)17-2/h3,11,13H,1,4-10H2,2H3. The number of carbonyl (C=O) groups excluding carboxylic acids is 2. The molecule has 0 heterocycles. The van der Waals surface area contributed by atoms with Gasteiger partial charge in [0.25, 0.3) is 0 Å². The van der Waals surface area contributed by atoms with E-state index in [0.717, 1.165) is 12.8 Å². The van der Waals surface area contributed by atoms with Gasteiger partial charge in [0, 0.05) is 6.42 Å². The van der Waals surface area contributed by atoms with Crippen molar-refractivity contribution in [1.29, 1.82) is 0 Å². The minimum atomic E-state index is -0.362. The Morgan fingerprint density at radius 2 is 2.00 bits per heavy atom. The minimum Gasteiger partial charge on any atom is -0.469 e. The predicted molar refractivity (Wildman–Crippen MR) is 68.2 cm³/mol. The van der Waals surface area contributed by atoms with Gasteiger partial charge in [0.2, 0.25) is 0 Å². The van der Waals surface area contributed by atoms with Crippen LogP contribution in [0.15, 0.2) is 12.7 Å². The van der Waals surface area contributed by atoms with Gasteiger partial charge in [-0.15, -0.1) is 6.58 Å². The molecule has 0 saturated heterocycles. The van der Waals surface area contributed by atoms with Crippen molar-refractivity contribution in [1.82, 2.24) is 0 Å². The second-order valence-corrected chi connectivity index (χ2v) is 4.67. The van der Waals surface area contributed by atoms with Crippen LogP contribution >= 0.6 is 0 Å². The molecule has 0 N–H and O–H groups in total. The zero-order valence-corrected chi connectivity index (χ0v) is 11.0. The van der Waals surface area contributed by atoms with Crippen LogP contribution in [0.1, 0.15) is 38.5 Å². The molecule has 1 saturated carbocycles. The van der Waals surface area contributed by atoms with Crippen molar-refractivity contribution >= 4 is 11.8 Å². The maximum absolute atomic E-state index is 11.5. The predicted octanol–water partition coefficient (Wildman–Crippen LogP) is 2.27. The number of esters is 1. The molecule has 0 bridgehead atoms. The van der Waals surface area contributed by atoms with Gasteiger partial charge < -0.3 is 9.47 Å². The number of ketones is 1. The third-order valence-corrected chi connectivity index (χ3v) is 3.37. The normalized spacial score (nSPS) is 17.4. The summed E-state index contributed by atoms with van der Waals surface area (Å²) in [5.41, 5.74) is 0. The van der Waals surface area contributed by atoms with Crippen molar-refractivity contribution in [3.05, 3.63) is 12.7 Å². The van der Waals surface area contributed by atoms with Gasteiger partial charge in [0.15, 0.2) is 5.78 Å². The maximum Gasteiger partial charge on any atom is 0.305 e. The van der Waals surface area contributed by atoms with Gasteiger partial charge >= 0.3 is 5.97 Å². The van der Waals surface area contributed by atoms with Crippen LogP contribution in [0.5, 0.6) is 0 Å². The van der Waals surface area contributed by atoms with Crippen molar-refractivity contribution in [2.75, 3.05) is 13.7 Å². The summed E-state index contributed by atoms with van der Waals surface area (Å²) in [5, 5.41) is 0. The van der Waals surface area contributed by atoms with E-state index < -0.39 is 0 Å². The molecular weight excluding hydrogens is 232 g/mol. The molecule has 0 aliphatic heterocycles. The fourth-order valence-electron chi connectivity index (χ4n) is 2.29. The highest BCUT2D eigenvalue weighted by Crippen LogP contribution is 2.29. The molecule has 0 spiro atoms. The van der Waals surface area contributed by atoms with Gasteiger partial charge in [0.05, 0.1) is 19.6 Å². The third-order valence-electron chi connectivity index (χ3n) is 3.37. The Hall–Kier alpha value is -1.16. The van der Waals surface area contributed by atoms with Crippen molar-refractivity contribution in [2.45, 2.75) is 44.6 Å². The second kappa shape index (κ2) is 8.03. The molecular formula is C14H22O4. The van der Waals surface area contributed by atoms with E-state index in [4.69, 9.17) is 4.74 Å². The molecule has 1 atom stereocenters. The van der Waals surface area contributed by atoms with Crippen molar-refractivity contribution in [3.63, 3.8) is 0 Å². The van der Waals surface area contributed by atoms with Crippen LogP contribution in [0.4, 0.5) is 0 Å². The average Bonchev–Trinajstić information content (AvgIpc) is 2.90. The van der Waals surface area contributed by atoms with E-state index in [1.165, 1.54) is 20.0 Å². The topological polar surface area (TPSA) is 52.6 Å². The number of ether oxygens (including phenoxy) is 2. The van der Waals surface area contributed by atoms with Crippen molar-refractivity contribution < 1.29 is 19.1 Å². The van der Waals surface area contributed by atoms with Gasteiger partial charge in [-0.25, -0.2) is 0 Å². The summed E-state index contributed by atoms with van der Waals surface area (Å²) in [7, 11) is 1.32. The molecule has 4 nitrogen and oxygen atoms in total. The highest BCUT2D eigenvalue weighted by atomic mass is 16.5. The van der Waals surface area contributed by atoms with Crippen LogP contribution in [0.2, 0.25) is 0 Å². The van der Waals surface area contributed by atoms with Crippen LogP contribution in [-0.4, -0.2) is 31.6 Å². The zero-order chi connectivity index (χ0) is 13.4. The van der Waals surface area contributed by atoms with Crippen LogP contribution in [0, 0.1) is 5.92 Å². The Bertz CT molecular complexity index is 292. The number of Topliss-reactive ketones (excluding diaryl/α,β-unsaturated/α-hetero) is 1. The van der Waals surface area contributed by atoms with Crippen LogP contribution in [0.25, 0.3) is 0 Å². The van der Waals surface area contributed by atoms with E-state index in [0.29, 0.717) is 5.92 Å². The average molecular weight is 254 g/mol. The van der Waals surface area contributed by atoms with Crippen LogP contribution in [-0.2, 0) is 19.1 Å². The lowest BCUT2D eigenvalue weighted by Crippen LogP contribution is -2.23. The lowest BCUT2D eigenvalue weighted by atomic mass is 10.0. The molecule has 0 amide bonds. The molecule has 0 aromatic carbocycles. The first kappa shape index (κ1) is 14.9. The third kappa shape index (κ3) is 5.00. The highest BCUT2D eigenvalue weighted by Gasteiger charge is 2.23. The molecule has 18 heavy (non-hydrogen) atoms. The van der Waals surface area contributed by atoms with E-state index in [9.17, 15) is 9.59 Å². The summed E-state index contributed by atoms with van der Waals surface area (Å²) < 4.78 is 10.1. The van der Waals surface area contributed by atoms with E-state index >= 15 is 0 Å². The Kier molecular flexibility index (Phi) is 6.65. The molecule has 1 fully saturated rings. The summed E-state index contributed by atoms with van der Waals surface area (Å²) in [4.78, 5) is 22.4. The van der Waals surface area contributed by atoms with Crippen molar-refractivity contribution in [2.24, 2.45) is 5.92 Å². The van der Waals surface area contributed by atoms with Crippen LogP contribution < -0.4 is 0 Å². The fourth-order valence-corrected chi connectivity index (χ4v) is 2.29. The highest BCUT2D eigenvalue weighted by molar-refractivity contribution is 5.83. The largest absolute Gasteiger partial charge is 0.469 e. The maximum atomic E-state index is 11.5. The van der Waals surface area contributed by atoms with E-state index in [-0.39, 0.29) is 37.3 Å². The van der Waals surface area contributed by atoms with E-state index in [1.807, 2.05) is 0 Å². The molecule has 4 heteroatoms. The van der Waals surface area contributed by atoms with E-state index in [2.05, 4.69) is 11.3 Å². The van der Waals surface area contributed by atoms with Gasteiger partial charge in [-0.2, -0.15) is 0 Å². The molecule has 1 aliphatic rings. The fraction of sp³-hybridized carbons (Fsp3) is 0.714. The first-order chi connectivity index (χ1) is 8.67. The summed E-state index contributed by atoms with van der Waals surface area (Å²) >= 11 is 0. The summed E-state index contributed by atoms with van der Waals surface area (Å²) in [5.74, 6) is 0.0700. The summed E-state index contributed by atoms with van der Waals surface area (Å²) in [6.07, 6.45) is 6.81. The Labute approximate surface area is 108 Å². The lowest BCUT2D eigenvalue weighted by Gasteiger charge is -2.19. The first-order valence-corrected chi connectivity index (χ1v) is 6.50. The van der Waals surface area contributed by atoms with Gasteiger partial charge in [0.1, 0.15) is 6.61 Å². The number of carbonyl (C=O) groups is 2. The zero-order valence-electron chi connectivity index (χ0n) is 11.0. The second-order valence-electron chi connectivity index (χ2n) is 4.67. The van der Waals surface area contributed by atoms with Gasteiger partial charge in [-0.05, 0) is 18.8 Å². The Morgan fingerprint density at radius 3 is 2.56 bits per heavy atom. The lowest BCUT2D eigenvalue weighted by molar-refractivity contribution is -0.142. The number of hydrogen-bond donors (Lipinski definition) is 0. The monoisotopic (exact) mass is 254 g/mol. The summed E-state index contributed by atoms with van der Waals surface area (Å²) in [6, 6.07) is 0. The molecule has 1 aliphatic carbocycles.